The van der Waals surface area contributed by atoms with E-state index >= 15 is 0 Å². The molecule has 1 aliphatic rings. The van der Waals surface area contributed by atoms with E-state index in [2.05, 4.69) is 11.8 Å². The molecule has 0 unspecified atom stereocenters. The molecule has 0 spiro atoms. The Morgan fingerprint density at radius 3 is 1.75 bits per heavy atom. The molecule has 0 bridgehead atoms. The van der Waals surface area contributed by atoms with Crippen molar-refractivity contribution in [3.05, 3.63) is 0 Å². The van der Waals surface area contributed by atoms with Gasteiger partial charge in [0.15, 0.2) is 0 Å². The third-order valence-corrected chi connectivity index (χ3v) is 4.23. The van der Waals surface area contributed by atoms with E-state index in [4.69, 9.17) is 4.74 Å². The number of thioether (sulfide) groups is 1. The Bertz CT molecular complexity index is 74.7. The van der Waals surface area contributed by atoms with Crippen LogP contribution in [0.2, 0.25) is 0 Å². The molecule has 0 atom stereocenters. The molecular formula is C14H28OS. The summed E-state index contributed by atoms with van der Waals surface area (Å²) in [6, 6.07) is 0. The average Bonchev–Trinajstić information content (AvgIpc) is 2.29. The molecule has 1 aliphatic heterocycles. The molecule has 0 aliphatic carbocycles. The van der Waals surface area contributed by atoms with Gasteiger partial charge >= 0.3 is 0 Å². The Morgan fingerprint density at radius 1 is 0.500 bits per heavy atom. The molecule has 0 saturated carbocycles. The molecule has 1 heterocycles. The monoisotopic (exact) mass is 244 g/mol. The molecule has 16 heavy (non-hydrogen) atoms. The molecule has 0 aromatic heterocycles. The zero-order chi connectivity index (χ0) is 11.3. The fourth-order valence-electron chi connectivity index (χ4n) is 2.14. The second-order valence-corrected chi connectivity index (χ2v) is 5.99. The van der Waals surface area contributed by atoms with E-state index < -0.39 is 0 Å². The summed E-state index contributed by atoms with van der Waals surface area (Å²) in [6.07, 6.45) is 14.2. The number of ether oxygens (including phenoxy) is 1. The molecule has 0 amide bonds. The van der Waals surface area contributed by atoms with Crippen LogP contribution < -0.4 is 0 Å². The standard InChI is InChI=1S/C14H28OS/c1-2-4-6-8-10-13-16-14-12-15-11-9-7-5-3-1/h1-14H2. The van der Waals surface area contributed by atoms with Gasteiger partial charge in [0.05, 0.1) is 6.61 Å². The van der Waals surface area contributed by atoms with Crippen LogP contribution in [0.4, 0.5) is 0 Å². The quantitative estimate of drug-likeness (QED) is 0.613. The predicted octanol–water partition coefficient (Wildman–Crippen LogP) is 4.65. The first kappa shape index (κ1) is 14.4. The SMILES string of the molecule is C1CCCCCCSCCOCCCCC1. The molecule has 0 aromatic rings. The fourth-order valence-corrected chi connectivity index (χ4v) is 2.99. The molecule has 0 N–H and O–H groups in total. The van der Waals surface area contributed by atoms with E-state index in [1.165, 1.54) is 75.7 Å². The van der Waals surface area contributed by atoms with Crippen molar-refractivity contribution in [3.63, 3.8) is 0 Å². The second kappa shape index (κ2) is 11.8. The van der Waals surface area contributed by atoms with Gasteiger partial charge in [-0.1, -0.05) is 51.4 Å². The van der Waals surface area contributed by atoms with Crippen LogP contribution in [0.15, 0.2) is 0 Å². The second-order valence-electron chi connectivity index (χ2n) is 4.76. The van der Waals surface area contributed by atoms with Crippen molar-refractivity contribution < 1.29 is 4.74 Å². The van der Waals surface area contributed by atoms with E-state index in [0.29, 0.717) is 0 Å². The lowest BCUT2D eigenvalue weighted by Gasteiger charge is -2.06. The minimum atomic E-state index is 0.963. The van der Waals surface area contributed by atoms with Gasteiger partial charge in [-0.05, 0) is 18.6 Å². The lowest BCUT2D eigenvalue weighted by molar-refractivity contribution is 0.145. The van der Waals surface area contributed by atoms with Crippen molar-refractivity contribution in [1.82, 2.24) is 0 Å². The van der Waals surface area contributed by atoms with Gasteiger partial charge in [0, 0.05) is 12.4 Å². The van der Waals surface area contributed by atoms with E-state index in [9.17, 15) is 0 Å². The van der Waals surface area contributed by atoms with Crippen molar-refractivity contribution in [3.8, 4) is 0 Å². The summed E-state index contributed by atoms with van der Waals surface area (Å²) < 4.78 is 5.61. The summed E-state index contributed by atoms with van der Waals surface area (Å²) in [7, 11) is 0. The molecule has 1 saturated heterocycles. The van der Waals surface area contributed by atoms with Crippen LogP contribution in [0.1, 0.15) is 64.2 Å². The summed E-state index contributed by atoms with van der Waals surface area (Å²) in [5.74, 6) is 2.53. The normalized spacial score (nSPS) is 24.0. The molecule has 1 rings (SSSR count). The predicted molar refractivity (Wildman–Crippen MR) is 74.3 cm³/mol. The summed E-state index contributed by atoms with van der Waals surface area (Å²) in [5.41, 5.74) is 0. The minimum Gasteiger partial charge on any atom is -0.381 e. The first-order valence-electron chi connectivity index (χ1n) is 7.15. The Balaban J connectivity index is 2.00. The van der Waals surface area contributed by atoms with Crippen molar-refractivity contribution in [2.75, 3.05) is 24.7 Å². The molecule has 0 aromatic carbocycles. The number of rotatable bonds is 0. The van der Waals surface area contributed by atoms with Gasteiger partial charge in [-0.3, -0.25) is 0 Å². The number of hydrogen-bond donors (Lipinski definition) is 0. The lowest BCUT2D eigenvalue weighted by Crippen LogP contribution is -2.00. The molecule has 1 fully saturated rings. The van der Waals surface area contributed by atoms with E-state index in [-0.39, 0.29) is 0 Å². The van der Waals surface area contributed by atoms with Gasteiger partial charge in [0.25, 0.3) is 0 Å². The highest BCUT2D eigenvalue weighted by molar-refractivity contribution is 7.99. The summed E-state index contributed by atoms with van der Waals surface area (Å²) in [4.78, 5) is 0. The Kier molecular flexibility index (Phi) is 10.6. The van der Waals surface area contributed by atoms with Gasteiger partial charge in [-0.15, -0.1) is 0 Å². The van der Waals surface area contributed by atoms with Crippen molar-refractivity contribution in [1.29, 1.82) is 0 Å². The zero-order valence-corrected chi connectivity index (χ0v) is 11.5. The van der Waals surface area contributed by atoms with Crippen LogP contribution in [0, 0.1) is 0 Å². The van der Waals surface area contributed by atoms with Gasteiger partial charge in [0.1, 0.15) is 0 Å². The smallest absolute Gasteiger partial charge is 0.0556 e. The Hall–Kier alpha value is 0.310. The van der Waals surface area contributed by atoms with Crippen LogP contribution >= 0.6 is 11.8 Å². The van der Waals surface area contributed by atoms with Crippen LogP contribution in [0.5, 0.6) is 0 Å². The van der Waals surface area contributed by atoms with Crippen molar-refractivity contribution in [2.45, 2.75) is 64.2 Å². The summed E-state index contributed by atoms with van der Waals surface area (Å²) >= 11 is 2.06. The molecular weight excluding hydrogens is 216 g/mol. The van der Waals surface area contributed by atoms with E-state index in [1.54, 1.807) is 0 Å². The maximum atomic E-state index is 5.61. The molecule has 1 nitrogen and oxygen atoms in total. The average molecular weight is 244 g/mol. The highest BCUT2D eigenvalue weighted by Crippen LogP contribution is 2.13. The fraction of sp³-hybridized carbons (Fsp3) is 1.00. The molecule has 0 radical (unpaired) electrons. The number of hydrogen-bond acceptors (Lipinski definition) is 2. The van der Waals surface area contributed by atoms with Crippen molar-refractivity contribution in [2.24, 2.45) is 0 Å². The van der Waals surface area contributed by atoms with Crippen LogP contribution in [0.25, 0.3) is 0 Å². The van der Waals surface area contributed by atoms with Crippen LogP contribution in [-0.4, -0.2) is 24.7 Å². The topological polar surface area (TPSA) is 9.23 Å². The lowest BCUT2D eigenvalue weighted by atomic mass is 10.1. The van der Waals surface area contributed by atoms with E-state index in [0.717, 1.165) is 13.2 Å². The van der Waals surface area contributed by atoms with Crippen molar-refractivity contribution >= 4 is 11.8 Å². The maximum Gasteiger partial charge on any atom is 0.0556 e. The first-order valence-corrected chi connectivity index (χ1v) is 8.31. The molecule has 96 valence electrons. The third-order valence-electron chi connectivity index (χ3n) is 3.20. The van der Waals surface area contributed by atoms with Gasteiger partial charge in [0.2, 0.25) is 0 Å². The summed E-state index contributed by atoms with van der Waals surface area (Å²) in [5, 5.41) is 0. The van der Waals surface area contributed by atoms with E-state index in [1.807, 2.05) is 0 Å². The maximum absolute atomic E-state index is 5.61. The van der Waals surface area contributed by atoms with Gasteiger partial charge in [-0.25, -0.2) is 0 Å². The highest BCUT2D eigenvalue weighted by Gasteiger charge is 1.96. The van der Waals surface area contributed by atoms with Gasteiger partial charge in [-0.2, -0.15) is 11.8 Å². The Morgan fingerprint density at radius 2 is 1.06 bits per heavy atom. The third kappa shape index (κ3) is 9.53. The first-order chi connectivity index (χ1) is 8.00. The summed E-state index contributed by atoms with van der Waals surface area (Å²) in [6.45, 7) is 1.95. The van der Waals surface area contributed by atoms with Crippen LogP contribution in [-0.2, 0) is 4.74 Å². The minimum absolute atomic E-state index is 0.963. The zero-order valence-electron chi connectivity index (χ0n) is 10.7. The largest absolute Gasteiger partial charge is 0.381 e. The Labute approximate surface area is 106 Å². The highest BCUT2D eigenvalue weighted by atomic mass is 32.2. The van der Waals surface area contributed by atoms with Crippen LogP contribution in [0.3, 0.4) is 0 Å². The van der Waals surface area contributed by atoms with Gasteiger partial charge < -0.3 is 4.74 Å². The molecule has 2 heteroatoms.